The van der Waals surface area contributed by atoms with Gasteiger partial charge in [-0.2, -0.15) is 13.2 Å². The molecule has 2 aliphatic rings. The molecule has 1 aromatic carbocycles. The third-order valence-electron chi connectivity index (χ3n) is 5.14. The molecule has 1 aromatic rings. The molecule has 0 spiro atoms. The maximum Gasteiger partial charge on any atom is 0.416 e. The predicted octanol–water partition coefficient (Wildman–Crippen LogP) is 3.93. The van der Waals surface area contributed by atoms with E-state index in [1.165, 1.54) is 7.11 Å². The van der Waals surface area contributed by atoms with Gasteiger partial charge < -0.3 is 14.8 Å². The van der Waals surface area contributed by atoms with Gasteiger partial charge in [0.25, 0.3) is 0 Å². The summed E-state index contributed by atoms with van der Waals surface area (Å²) in [4.78, 5) is 2.20. The van der Waals surface area contributed by atoms with Crippen LogP contribution < -0.4 is 10.1 Å². The van der Waals surface area contributed by atoms with Crippen molar-refractivity contribution in [1.29, 1.82) is 0 Å². The molecule has 27 heavy (non-hydrogen) atoms. The van der Waals surface area contributed by atoms with Crippen LogP contribution in [0.25, 0.3) is 0 Å². The first-order chi connectivity index (χ1) is 12.0. The maximum atomic E-state index is 13.7. The number of nitrogens with zero attached hydrogens (tertiary/aromatic N) is 1. The third-order valence-corrected chi connectivity index (χ3v) is 5.14. The van der Waals surface area contributed by atoms with Crippen molar-refractivity contribution in [3.05, 3.63) is 29.3 Å². The summed E-state index contributed by atoms with van der Waals surface area (Å²) in [5, 5.41) is 3.28. The van der Waals surface area contributed by atoms with Crippen molar-refractivity contribution >= 4 is 24.8 Å². The quantitative estimate of drug-likeness (QED) is 0.784. The highest BCUT2D eigenvalue weighted by atomic mass is 35.5. The lowest BCUT2D eigenvalue weighted by Gasteiger charge is -2.42. The van der Waals surface area contributed by atoms with Crippen LogP contribution in [0.2, 0.25) is 0 Å². The number of methoxy groups -OCH3 is 1. The Morgan fingerprint density at radius 3 is 2.33 bits per heavy atom. The molecule has 0 aliphatic carbocycles. The Labute approximate surface area is 170 Å². The topological polar surface area (TPSA) is 33.7 Å². The van der Waals surface area contributed by atoms with Gasteiger partial charge in [0.05, 0.1) is 12.7 Å². The zero-order chi connectivity index (χ0) is 17.9. The van der Waals surface area contributed by atoms with Crippen LogP contribution in [0.15, 0.2) is 18.2 Å². The molecule has 0 unspecified atom stereocenters. The third kappa shape index (κ3) is 5.87. The van der Waals surface area contributed by atoms with E-state index in [1.54, 1.807) is 12.1 Å². The molecule has 156 valence electrons. The number of alkyl halides is 3. The van der Waals surface area contributed by atoms with E-state index in [1.807, 2.05) is 0 Å². The van der Waals surface area contributed by atoms with Crippen molar-refractivity contribution in [3.8, 4) is 5.75 Å². The summed E-state index contributed by atoms with van der Waals surface area (Å²) in [5.74, 6) is 0.406. The Bertz CT molecular complexity index is 560. The van der Waals surface area contributed by atoms with E-state index < -0.39 is 11.7 Å². The monoisotopic (exact) mass is 430 g/mol. The molecule has 2 fully saturated rings. The van der Waals surface area contributed by atoms with Crippen molar-refractivity contribution < 1.29 is 22.6 Å². The minimum Gasteiger partial charge on any atom is -0.497 e. The first-order valence-corrected chi connectivity index (χ1v) is 8.78. The molecule has 0 aromatic heterocycles. The molecule has 0 saturated carbocycles. The van der Waals surface area contributed by atoms with E-state index >= 15 is 0 Å². The van der Waals surface area contributed by atoms with Gasteiger partial charge in [-0.3, -0.25) is 4.90 Å². The van der Waals surface area contributed by atoms with Gasteiger partial charge in [0, 0.05) is 45.4 Å². The standard InChI is InChI=1S/C18H25F3N2O2.2ClH/c1-24-14-2-3-15(16(12-14)18(19,20)21)17(13-4-10-25-11-5-13)23-8-6-22-7-9-23;;/h2-3,12-13,17,22H,4-11H2,1H3;2*1H/t17-;;/m0../s1. The second-order valence-corrected chi connectivity index (χ2v) is 6.63. The highest BCUT2D eigenvalue weighted by molar-refractivity contribution is 5.85. The molecule has 9 heteroatoms. The van der Waals surface area contributed by atoms with Crippen molar-refractivity contribution in [1.82, 2.24) is 10.2 Å². The average molecular weight is 431 g/mol. The van der Waals surface area contributed by atoms with Gasteiger partial charge in [-0.25, -0.2) is 0 Å². The molecule has 1 N–H and O–H groups in total. The van der Waals surface area contributed by atoms with Crippen LogP contribution >= 0.6 is 24.8 Å². The Morgan fingerprint density at radius 1 is 1.15 bits per heavy atom. The molecule has 1 atom stereocenters. The molecule has 2 aliphatic heterocycles. The second kappa shape index (κ2) is 10.7. The normalized spacial score (nSPS) is 20.3. The van der Waals surface area contributed by atoms with Crippen LogP contribution in [0.1, 0.15) is 30.0 Å². The summed E-state index contributed by atoms with van der Waals surface area (Å²) in [6.45, 7) is 4.35. The highest BCUT2D eigenvalue weighted by Crippen LogP contribution is 2.43. The van der Waals surface area contributed by atoms with Crippen LogP contribution in [-0.2, 0) is 10.9 Å². The van der Waals surface area contributed by atoms with E-state index in [9.17, 15) is 13.2 Å². The van der Waals surface area contributed by atoms with Crippen molar-refractivity contribution in [2.24, 2.45) is 5.92 Å². The number of hydrogen-bond donors (Lipinski definition) is 1. The van der Waals surface area contributed by atoms with Gasteiger partial charge in [0.1, 0.15) is 5.75 Å². The summed E-state index contributed by atoms with van der Waals surface area (Å²) >= 11 is 0. The van der Waals surface area contributed by atoms with E-state index in [0.717, 1.165) is 45.1 Å². The maximum absolute atomic E-state index is 13.7. The van der Waals surface area contributed by atoms with Gasteiger partial charge in [0.15, 0.2) is 0 Å². The summed E-state index contributed by atoms with van der Waals surface area (Å²) in [7, 11) is 1.39. The highest BCUT2D eigenvalue weighted by Gasteiger charge is 2.40. The Kier molecular flexibility index (Phi) is 9.65. The molecule has 2 heterocycles. The Hall–Kier alpha value is -0.730. The Morgan fingerprint density at radius 2 is 1.78 bits per heavy atom. The number of piperazine rings is 1. The van der Waals surface area contributed by atoms with E-state index in [4.69, 9.17) is 9.47 Å². The predicted molar refractivity (Wildman–Crippen MR) is 103 cm³/mol. The first-order valence-electron chi connectivity index (χ1n) is 8.78. The summed E-state index contributed by atoms with van der Waals surface area (Å²) < 4.78 is 51.7. The molecule has 0 bridgehead atoms. The van der Waals surface area contributed by atoms with Crippen LogP contribution in [-0.4, -0.2) is 51.4 Å². The number of nitrogens with one attached hydrogen (secondary N) is 1. The minimum atomic E-state index is -4.40. The van der Waals surface area contributed by atoms with Gasteiger partial charge in [-0.05, 0) is 36.5 Å². The number of hydrogen-bond acceptors (Lipinski definition) is 4. The van der Waals surface area contributed by atoms with Gasteiger partial charge >= 0.3 is 6.18 Å². The first kappa shape index (κ1) is 24.3. The number of rotatable bonds is 4. The Balaban J connectivity index is 0.00000182. The number of ether oxygens (including phenoxy) is 2. The largest absolute Gasteiger partial charge is 0.497 e. The van der Waals surface area contributed by atoms with E-state index in [-0.39, 0.29) is 42.5 Å². The molecule has 3 rings (SSSR count). The van der Waals surface area contributed by atoms with Gasteiger partial charge in [-0.15, -0.1) is 24.8 Å². The van der Waals surface area contributed by atoms with Gasteiger partial charge in [0.2, 0.25) is 0 Å². The van der Waals surface area contributed by atoms with Crippen LogP contribution in [0.3, 0.4) is 0 Å². The summed E-state index contributed by atoms with van der Waals surface area (Å²) in [5.41, 5.74) is -0.219. The van der Waals surface area contributed by atoms with Gasteiger partial charge in [-0.1, -0.05) is 6.07 Å². The molecular weight excluding hydrogens is 404 g/mol. The van der Waals surface area contributed by atoms with Crippen molar-refractivity contribution in [2.75, 3.05) is 46.5 Å². The molecule has 4 nitrogen and oxygen atoms in total. The summed E-state index contributed by atoms with van der Waals surface area (Å²) in [6.07, 6.45) is -2.82. The average Bonchev–Trinajstić information content (AvgIpc) is 2.63. The molecule has 2 saturated heterocycles. The second-order valence-electron chi connectivity index (χ2n) is 6.63. The lowest BCUT2D eigenvalue weighted by atomic mass is 9.83. The lowest BCUT2D eigenvalue weighted by Crippen LogP contribution is -2.48. The zero-order valence-corrected chi connectivity index (χ0v) is 16.9. The molecule has 0 radical (unpaired) electrons. The zero-order valence-electron chi connectivity index (χ0n) is 15.3. The van der Waals surface area contributed by atoms with E-state index in [0.29, 0.717) is 18.8 Å². The molecular formula is C18H27Cl2F3N2O2. The van der Waals surface area contributed by atoms with Crippen LogP contribution in [0.4, 0.5) is 13.2 Å². The van der Waals surface area contributed by atoms with Crippen LogP contribution in [0.5, 0.6) is 5.75 Å². The van der Waals surface area contributed by atoms with Crippen LogP contribution in [0, 0.1) is 5.92 Å². The smallest absolute Gasteiger partial charge is 0.416 e. The SMILES string of the molecule is COc1ccc([C@H](C2CCOCC2)N2CCNCC2)c(C(F)(F)F)c1.Cl.Cl. The van der Waals surface area contributed by atoms with E-state index in [2.05, 4.69) is 10.2 Å². The lowest BCUT2D eigenvalue weighted by molar-refractivity contribution is -0.139. The number of halogens is 5. The fourth-order valence-corrected chi connectivity index (χ4v) is 3.91. The fraction of sp³-hybridized carbons (Fsp3) is 0.667. The van der Waals surface area contributed by atoms with Crippen molar-refractivity contribution in [2.45, 2.75) is 25.1 Å². The molecule has 0 amide bonds. The minimum absolute atomic E-state index is 0. The van der Waals surface area contributed by atoms with Crippen molar-refractivity contribution in [3.63, 3.8) is 0 Å². The fourth-order valence-electron chi connectivity index (χ4n) is 3.91. The summed E-state index contributed by atoms with van der Waals surface area (Å²) in [6, 6.07) is 4.13. The number of benzene rings is 1.